The molecule has 0 radical (unpaired) electrons. The minimum atomic E-state index is -3.15. The summed E-state index contributed by atoms with van der Waals surface area (Å²) in [4.78, 5) is 11.2. The van der Waals surface area contributed by atoms with Gasteiger partial charge >= 0.3 is 5.97 Å². The van der Waals surface area contributed by atoms with E-state index in [4.69, 9.17) is 9.52 Å². The van der Waals surface area contributed by atoms with Gasteiger partial charge in [-0.1, -0.05) is 0 Å². The molecular formula is C11H11BrN2O5S. The Balaban J connectivity index is 2.36. The average molecular weight is 363 g/mol. The number of furan rings is 1. The second-order valence-corrected chi connectivity index (χ2v) is 7.23. The molecule has 1 N–H and O–H groups in total. The molecule has 0 spiro atoms. The molecule has 2 heterocycles. The third kappa shape index (κ3) is 3.48. The second-order valence-electron chi connectivity index (χ2n) is 4.19. The first-order valence-electron chi connectivity index (χ1n) is 5.50. The minimum Gasteiger partial charge on any atom is -0.478 e. The Morgan fingerprint density at radius 2 is 2.20 bits per heavy atom. The molecule has 0 saturated carbocycles. The number of sulfone groups is 1. The molecule has 2 rings (SSSR count). The number of halogens is 1. The van der Waals surface area contributed by atoms with E-state index in [-0.39, 0.29) is 23.6 Å². The van der Waals surface area contributed by atoms with Crippen LogP contribution < -0.4 is 0 Å². The molecule has 2 aromatic heterocycles. The van der Waals surface area contributed by atoms with E-state index in [0.29, 0.717) is 10.4 Å². The minimum absolute atomic E-state index is 0.0413. The monoisotopic (exact) mass is 362 g/mol. The fourth-order valence-electron chi connectivity index (χ4n) is 1.58. The number of aromatic nitrogens is 2. The summed E-state index contributed by atoms with van der Waals surface area (Å²) in [5.74, 6) is -0.972. The fraction of sp³-hybridized carbons (Fsp3) is 0.273. The standard InChI is InChI=1S/C11H11BrN2O5S/c1-20(17,18)5-4-14-6-7(11(15)16)10(13-14)8-2-3-9(12)19-8/h2-3,6H,4-5H2,1H3,(H,15,16). The van der Waals surface area contributed by atoms with Crippen LogP contribution in [0.3, 0.4) is 0 Å². The smallest absolute Gasteiger partial charge is 0.339 e. The maximum atomic E-state index is 11.2. The van der Waals surface area contributed by atoms with E-state index in [1.54, 1.807) is 12.1 Å². The summed E-state index contributed by atoms with van der Waals surface area (Å²) in [6, 6.07) is 3.20. The lowest BCUT2D eigenvalue weighted by Crippen LogP contribution is -2.11. The van der Waals surface area contributed by atoms with Crippen LogP contribution in [0.2, 0.25) is 0 Å². The first-order chi connectivity index (χ1) is 9.26. The van der Waals surface area contributed by atoms with E-state index >= 15 is 0 Å². The molecule has 0 amide bonds. The van der Waals surface area contributed by atoms with E-state index < -0.39 is 15.8 Å². The van der Waals surface area contributed by atoms with Gasteiger partial charge in [0.15, 0.2) is 10.4 Å². The Morgan fingerprint density at radius 1 is 1.50 bits per heavy atom. The number of aryl methyl sites for hydroxylation is 1. The van der Waals surface area contributed by atoms with Crippen LogP contribution in [-0.4, -0.2) is 41.3 Å². The van der Waals surface area contributed by atoms with Gasteiger partial charge in [-0.05, 0) is 28.1 Å². The molecule has 2 aromatic rings. The fourth-order valence-corrected chi connectivity index (χ4v) is 2.40. The van der Waals surface area contributed by atoms with E-state index in [1.165, 1.54) is 10.9 Å². The predicted octanol–water partition coefficient (Wildman–Crippen LogP) is 1.65. The summed E-state index contributed by atoms with van der Waals surface area (Å²) in [5.41, 5.74) is 0.122. The Bertz CT molecular complexity index is 747. The predicted molar refractivity (Wildman–Crippen MR) is 74.3 cm³/mol. The van der Waals surface area contributed by atoms with Crippen LogP contribution in [0.4, 0.5) is 0 Å². The van der Waals surface area contributed by atoms with E-state index in [9.17, 15) is 13.2 Å². The van der Waals surface area contributed by atoms with Crippen molar-refractivity contribution < 1.29 is 22.7 Å². The number of hydrogen-bond acceptors (Lipinski definition) is 5. The van der Waals surface area contributed by atoms with Gasteiger partial charge in [-0.25, -0.2) is 13.2 Å². The number of rotatable bonds is 5. The molecule has 9 heteroatoms. The van der Waals surface area contributed by atoms with Crippen molar-refractivity contribution in [3.8, 4) is 11.5 Å². The maximum Gasteiger partial charge on any atom is 0.339 e. The summed E-state index contributed by atoms with van der Waals surface area (Å²) in [7, 11) is -3.15. The largest absolute Gasteiger partial charge is 0.478 e. The zero-order chi connectivity index (χ0) is 14.9. The van der Waals surface area contributed by atoms with Crippen molar-refractivity contribution in [2.24, 2.45) is 0 Å². The lowest BCUT2D eigenvalue weighted by molar-refractivity contribution is 0.0697. The van der Waals surface area contributed by atoms with Crippen molar-refractivity contribution in [2.75, 3.05) is 12.0 Å². The molecule has 20 heavy (non-hydrogen) atoms. The summed E-state index contributed by atoms with van der Waals surface area (Å²) >= 11 is 3.13. The summed E-state index contributed by atoms with van der Waals surface area (Å²) in [5, 5.41) is 13.2. The molecule has 0 aliphatic carbocycles. The molecule has 0 aliphatic rings. The van der Waals surface area contributed by atoms with Crippen LogP contribution >= 0.6 is 15.9 Å². The summed E-state index contributed by atoms with van der Waals surface area (Å²) in [6.45, 7) is 0.0843. The molecule has 0 fully saturated rings. The van der Waals surface area contributed by atoms with E-state index in [2.05, 4.69) is 21.0 Å². The Labute approximate surface area is 123 Å². The molecule has 0 aliphatic heterocycles. The highest BCUT2D eigenvalue weighted by Gasteiger charge is 2.20. The van der Waals surface area contributed by atoms with Crippen LogP contribution in [0.5, 0.6) is 0 Å². The molecule has 0 unspecified atom stereocenters. The molecule has 0 bridgehead atoms. The first-order valence-corrected chi connectivity index (χ1v) is 8.36. The summed E-state index contributed by atoms with van der Waals surface area (Å²) < 4.78 is 29.3. The third-order valence-corrected chi connectivity index (χ3v) is 3.84. The van der Waals surface area contributed by atoms with Gasteiger partial charge in [-0.15, -0.1) is 0 Å². The van der Waals surface area contributed by atoms with Crippen LogP contribution in [0.15, 0.2) is 27.4 Å². The van der Waals surface area contributed by atoms with Gasteiger partial charge in [0, 0.05) is 12.5 Å². The molecule has 108 valence electrons. The quantitative estimate of drug-likeness (QED) is 0.867. The molecule has 0 aromatic carbocycles. The normalized spacial score (nSPS) is 11.7. The number of hydrogen-bond donors (Lipinski definition) is 1. The number of carbonyl (C=O) groups is 1. The lowest BCUT2D eigenvalue weighted by Gasteiger charge is -1.98. The summed E-state index contributed by atoms with van der Waals surface area (Å²) in [6.07, 6.45) is 2.40. The van der Waals surface area contributed by atoms with E-state index in [1.807, 2.05) is 0 Å². The van der Waals surface area contributed by atoms with Crippen molar-refractivity contribution in [3.05, 3.63) is 28.6 Å². The number of nitrogens with zero attached hydrogens (tertiary/aromatic N) is 2. The van der Waals surface area contributed by atoms with Crippen LogP contribution in [-0.2, 0) is 16.4 Å². The SMILES string of the molecule is CS(=O)(=O)CCn1cc(C(=O)O)c(-c2ccc(Br)o2)n1. The van der Waals surface area contributed by atoms with Crippen LogP contribution in [0, 0.1) is 0 Å². The van der Waals surface area contributed by atoms with Crippen molar-refractivity contribution in [1.29, 1.82) is 0 Å². The van der Waals surface area contributed by atoms with Gasteiger partial charge in [-0.2, -0.15) is 5.10 Å². The second kappa shape index (κ2) is 5.41. The maximum absolute atomic E-state index is 11.2. The van der Waals surface area contributed by atoms with Gasteiger partial charge in [0.25, 0.3) is 0 Å². The van der Waals surface area contributed by atoms with E-state index in [0.717, 1.165) is 6.26 Å². The van der Waals surface area contributed by atoms with Gasteiger partial charge in [0.1, 0.15) is 21.1 Å². The Hall–Kier alpha value is -1.61. The lowest BCUT2D eigenvalue weighted by atomic mass is 10.2. The molecule has 0 saturated heterocycles. The molecule has 7 nitrogen and oxygen atoms in total. The Morgan fingerprint density at radius 3 is 2.70 bits per heavy atom. The van der Waals surface area contributed by atoms with Crippen molar-refractivity contribution in [3.63, 3.8) is 0 Å². The van der Waals surface area contributed by atoms with Crippen LogP contribution in [0.25, 0.3) is 11.5 Å². The van der Waals surface area contributed by atoms with Gasteiger partial charge in [0.2, 0.25) is 0 Å². The highest BCUT2D eigenvalue weighted by molar-refractivity contribution is 9.10. The number of carboxylic acids is 1. The van der Waals surface area contributed by atoms with Gasteiger partial charge in [0.05, 0.1) is 12.3 Å². The molecule has 0 atom stereocenters. The Kier molecular flexibility index (Phi) is 4.00. The highest BCUT2D eigenvalue weighted by atomic mass is 79.9. The van der Waals surface area contributed by atoms with Crippen molar-refractivity contribution in [1.82, 2.24) is 9.78 Å². The number of carboxylic acid groups (broad SMARTS) is 1. The molecular weight excluding hydrogens is 352 g/mol. The average Bonchev–Trinajstić information content (AvgIpc) is 2.91. The van der Waals surface area contributed by atoms with Crippen molar-refractivity contribution >= 4 is 31.7 Å². The first kappa shape index (κ1) is 14.8. The zero-order valence-electron chi connectivity index (χ0n) is 10.4. The third-order valence-electron chi connectivity index (χ3n) is 2.49. The van der Waals surface area contributed by atoms with Gasteiger partial charge in [-0.3, -0.25) is 4.68 Å². The van der Waals surface area contributed by atoms with Crippen LogP contribution in [0.1, 0.15) is 10.4 Å². The topological polar surface area (TPSA) is 102 Å². The number of aromatic carboxylic acids is 1. The van der Waals surface area contributed by atoms with Gasteiger partial charge < -0.3 is 9.52 Å². The van der Waals surface area contributed by atoms with Crippen molar-refractivity contribution in [2.45, 2.75) is 6.54 Å². The highest BCUT2D eigenvalue weighted by Crippen LogP contribution is 2.26. The zero-order valence-corrected chi connectivity index (χ0v) is 12.8.